The smallest absolute Gasteiger partial charge is 0.238 e. The van der Waals surface area contributed by atoms with Gasteiger partial charge in [0, 0.05) is 6.54 Å². The Labute approximate surface area is 127 Å². The third-order valence-electron chi connectivity index (χ3n) is 3.81. The van der Waals surface area contributed by atoms with Gasteiger partial charge in [-0.05, 0) is 24.6 Å². The molecule has 0 radical (unpaired) electrons. The van der Waals surface area contributed by atoms with Gasteiger partial charge in [0.05, 0.1) is 17.8 Å². The van der Waals surface area contributed by atoms with E-state index in [1.807, 2.05) is 6.07 Å². The number of anilines is 1. The minimum Gasteiger partial charge on any atom is -0.324 e. The zero-order valence-electron chi connectivity index (χ0n) is 13.2. The quantitative estimate of drug-likeness (QED) is 0.798. The van der Waals surface area contributed by atoms with Crippen molar-refractivity contribution in [1.82, 2.24) is 4.90 Å². The molecule has 0 aliphatic carbocycles. The standard InChI is InChI=1S/C17H25N3O/c1-4-14(5-2)12-20(6-3)13-17(21)19-16-10-8-7-9-15(16)11-18/h7-10,14H,4-6,12-13H2,1-3H3,(H,19,21). The molecule has 1 aromatic carbocycles. The molecule has 1 N–H and O–H groups in total. The molecule has 0 heterocycles. The molecular formula is C17H25N3O. The van der Waals surface area contributed by atoms with E-state index in [4.69, 9.17) is 5.26 Å². The number of amides is 1. The van der Waals surface area contributed by atoms with Crippen molar-refractivity contribution in [2.24, 2.45) is 5.92 Å². The van der Waals surface area contributed by atoms with E-state index < -0.39 is 0 Å². The zero-order valence-corrected chi connectivity index (χ0v) is 13.2. The molecule has 114 valence electrons. The van der Waals surface area contributed by atoms with Crippen LogP contribution in [0.15, 0.2) is 24.3 Å². The lowest BCUT2D eigenvalue weighted by Crippen LogP contribution is -2.36. The molecule has 4 heteroatoms. The fourth-order valence-electron chi connectivity index (χ4n) is 2.30. The zero-order chi connectivity index (χ0) is 15.7. The van der Waals surface area contributed by atoms with Gasteiger partial charge in [-0.3, -0.25) is 9.69 Å². The first-order valence-electron chi connectivity index (χ1n) is 7.65. The van der Waals surface area contributed by atoms with E-state index in [1.165, 1.54) is 0 Å². The minimum absolute atomic E-state index is 0.0643. The van der Waals surface area contributed by atoms with Crippen molar-refractivity contribution in [2.45, 2.75) is 33.6 Å². The van der Waals surface area contributed by atoms with Crippen LogP contribution in [0.4, 0.5) is 5.69 Å². The maximum Gasteiger partial charge on any atom is 0.238 e. The highest BCUT2D eigenvalue weighted by Crippen LogP contribution is 2.14. The van der Waals surface area contributed by atoms with Crippen molar-refractivity contribution in [3.63, 3.8) is 0 Å². The summed E-state index contributed by atoms with van der Waals surface area (Å²) in [6, 6.07) is 9.16. The number of benzene rings is 1. The van der Waals surface area contributed by atoms with Gasteiger partial charge in [-0.1, -0.05) is 45.7 Å². The second kappa shape index (κ2) is 9.15. The Morgan fingerprint density at radius 1 is 1.29 bits per heavy atom. The molecule has 0 bridgehead atoms. The highest BCUT2D eigenvalue weighted by Gasteiger charge is 2.14. The number of carbonyl (C=O) groups excluding carboxylic acids is 1. The van der Waals surface area contributed by atoms with E-state index in [-0.39, 0.29) is 5.91 Å². The second-order valence-corrected chi connectivity index (χ2v) is 5.22. The van der Waals surface area contributed by atoms with Gasteiger partial charge in [0.25, 0.3) is 0 Å². The number of carbonyl (C=O) groups is 1. The van der Waals surface area contributed by atoms with Gasteiger partial charge in [0.1, 0.15) is 6.07 Å². The number of hydrogen-bond donors (Lipinski definition) is 1. The first kappa shape index (κ1) is 17.2. The van der Waals surface area contributed by atoms with E-state index in [2.05, 4.69) is 37.1 Å². The molecule has 0 fully saturated rings. The van der Waals surface area contributed by atoms with Crippen LogP contribution in [-0.4, -0.2) is 30.4 Å². The number of nitriles is 1. The van der Waals surface area contributed by atoms with Crippen LogP contribution in [-0.2, 0) is 4.79 Å². The van der Waals surface area contributed by atoms with Crippen molar-refractivity contribution in [3.05, 3.63) is 29.8 Å². The van der Waals surface area contributed by atoms with Crippen LogP contribution in [0.2, 0.25) is 0 Å². The Kier molecular flexibility index (Phi) is 7.49. The van der Waals surface area contributed by atoms with Crippen molar-refractivity contribution < 1.29 is 4.79 Å². The fraction of sp³-hybridized carbons (Fsp3) is 0.529. The van der Waals surface area contributed by atoms with Crippen LogP contribution < -0.4 is 5.32 Å². The Hall–Kier alpha value is -1.86. The summed E-state index contributed by atoms with van der Waals surface area (Å²) >= 11 is 0. The number of para-hydroxylation sites is 1. The van der Waals surface area contributed by atoms with E-state index in [0.29, 0.717) is 23.7 Å². The molecular weight excluding hydrogens is 262 g/mol. The molecule has 0 saturated carbocycles. The van der Waals surface area contributed by atoms with E-state index in [0.717, 1.165) is 25.9 Å². The topological polar surface area (TPSA) is 56.1 Å². The van der Waals surface area contributed by atoms with Crippen molar-refractivity contribution >= 4 is 11.6 Å². The van der Waals surface area contributed by atoms with Crippen LogP contribution in [0.3, 0.4) is 0 Å². The number of nitrogens with zero attached hydrogens (tertiary/aromatic N) is 2. The van der Waals surface area contributed by atoms with Gasteiger partial charge in [-0.2, -0.15) is 5.26 Å². The van der Waals surface area contributed by atoms with Crippen LogP contribution in [0, 0.1) is 17.2 Å². The van der Waals surface area contributed by atoms with Crippen LogP contribution in [0.1, 0.15) is 39.2 Å². The van der Waals surface area contributed by atoms with Gasteiger partial charge in [0.2, 0.25) is 5.91 Å². The molecule has 1 aromatic rings. The lowest BCUT2D eigenvalue weighted by atomic mass is 10.0. The molecule has 1 amide bonds. The number of rotatable bonds is 8. The Bertz CT molecular complexity index is 489. The average Bonchev–Trinajstić information content (AvgIpc) is 2.51. The molecule has 1 rings (SSSR count). The van der Waals surface area contributed by atoms with E-state index in [1.54, 1.807) is 18.2 Å². The van der Waals surface area contributed by atoms with Gasteiger partial charge in [-0.25, -0.2) is 0 Å². The summed E-state index contributed by atoms with van der Waals surface area (Å²) in [4.78, 5) is 14.3. The van der Waals surface area contributed by atoms with E-state index >= 15 is 0 Å². The molecule has 21 heavy (non-hydrogen) atoms. The summed E-state index contributed by atoms with van der Waals surface area (Å²) in [5.74, 6) is 0.564. The Morgan fingerprint density at radius 3 is 2.52 bits per heavy atom. The molecule has 0 aromatic heterocycles. The number of hydrogen-bond acceptors (Lipinski definition) is 3. The SMILES string of the molecule is CCC(CC)CN(CC)CC(=O)Nc1ccccc1C#N. The molecule has 0 atom stereocenters. The van der Waals surface area contributed by atoms with Crippen molar-refractivity contribution in [1.29, 1.82) is 5.26 Å². The maximum absolute atomic E-state index is 12.1. The summed E-state index contributed by atoms with van der Waals surface area (Å²) in [6.07, 6.45) is 2.26. The maximum atomic E-state index is 12.1. The van der Waals surface area contributed by atoms with Crippen molar-refractivity contribution in [2.75, 3.05) is 25.0 Å². The summed E-state index contributed by atoms with van der Waals surface area (Å²) in [7, 11) is 0. The minimum atomic E-state index is -0.0643. The lowest BCUT2D eigenvalue weighted by Gasteiger charge is -2.24. The summed E-state index contributed by atoms with van der Waals surface area (Å²) < 4.78 is 0. The molecule has 0 unspecified atom stereocenters. The molecule has 0 saturated heterocycles. The van der Waals surface area contributed by atoms with Gasteiger partial charge < -0.3 is 5.32 Å². The Balaban J connectivity index is 2.61. The molecule has 0 aliphatic heterocycles. The lowest BCUT2D eigenvalue weighted by molar-refractivity contribution is -0.117. The third-order valence-corrected chi connectivity index (χ3v) is 3.81. The fourth-order valence-corrected chi connectivity index (χ4v) is 2.30. The third kappa shape index (κ3) is 5.57. The first-order valence-corrected chi connectivity index (χ1v) is 7.65. The number of nitrogens with one attached hydrogen (secondary N) is 1. The number of likely N-dealkylation sites (N-methyl/N-ethyl adjacent to an activating group) is 1. The van der Waals surface area contributed by atoms with Crippen LogP contribution in [0.5, 0.6) is 0 Å². The monoisotopic (exact) mass is 287 g/mol. The molecule has 0 spiro atoms. The highest BCUT2D eigenvalue weighted by atomic mass is 16.2. The summed E-state index contributed by atoms with van der Waals surface area (Å²) in [6.45, 7) is 8.60. The Morgan fingerprint density at radius 2 is 1.95 bits per heavy atom. The first-order chi connectivity index (χ1) is 10.1. The summed E-state index contributed by atoms with van der Waals surface area (Å²) in [5.41, 5.74) is 1.08. The van der Waals surface area contributed by atoms with Gasteiger partial charge in [-0.15, -0.1) is 0 Å². The normalized spacial score (nSPS) is 10.7. The summed E-state index contributed by atoms with van der Waals surface area (Å²) in [5, 5.41) is 11.9. The largest absolute Gasteiger partial charge is 0.324 e. The van der Waals surface area contributed by atoms with Crippen molar-refractivity contribution in [3.8, 4) is 6.07 Å². The van der Waals surface area contributed by atoms with Crippen LogP contribution in [0.25, 0.3) is 0 Å². The van der Waals surface area contributed by atoms with Crippen LogP contribution >= 0.6 is 0 Å². The highest BCUT2D eigenvalue weighted by molar-refractivity contribution is 5.93. The molecule has 4 nitrogen and oxygen atoms in total. The predicted molar refractivity (Wildman–Crippen MR) is 86.0 cm³/mol. The predicted octanol–water partition coefficient (Wildman–Crippen LogP) is 3.25. The average molecular weight is 287 g/mol. The molecule has 0 aliphatic rings. The second-order valence-electron chi connectivity index (χ2n) is 5.22. The van der Waals surface area contributed by atoms with Gasteiger partial charge >= 0.3 is 0 Å². The van der Waals surface area contributed by atoms with E-state index in [9.17, 15) is 4.79 Å². The van der Waals surface area contributed by atoms with Gasteiger partial charge in [0.15, 0.2) is 0 Å².